The zero-order valence-corrected chi connectivity index (χ0v) is 16.4. The molecule has 0 atom stereocenters. The van der Waals surface area contributed by atoms with Gasteiger partial charge in [0.25, 0.3) is 0 Å². The zero-order chi connectivity index (χ0) is 21.8. The average molecular weight is 448 g/mol. The van der Waals surface area contributed by atoms with E-state index in [2.05, 4.69) is 4.98 Å². The number of ether oxygens (including phenoxy) is 1. The third-order valence-corrected chi connectivity index (χ3v) is 4.36. The number of aromatic nitrogens is 2. The molecule has 0 aliphatic rings. The molecule has 0 spiro atoms. The van der Waals surface area contributed by atoms with Gasteiger partial charge in [0.1, 0.15) is 11.4 Å². The number of esters is 1. The first-order chi connectivity index (χ1) is 14.2. The van der Waals surface area contributed by atoms with Crippen molar-refractivity contribution >= 4 is 47.0 Å². The van der Waals surface area contributed by atoms with Gasteiger partial charge in [-0.25, -0.2) is 9.59 Å². The lowest BCUT2D eigenvalue weighted by Gasteiger charge is -2.06. The Morgan fingerprint density at radius 3 is 2.37 bits per heavy atom. The van der Waals surface area contributed by atoms with E-state index in [1.807, 2.05) is 0 Å². The van der Waals surface area contributed by atoms with E-state index >= 15 is 0 Å². The molecular weight excluding hydrogens is 437 g/mol. The van der Waals surface area contributed by atoms with Gasteiger partial charge in [-0.2, -0.15) is 0 Å². The molecule has 0 radical (unpaired) electrons. The molecule has 0 fully saturated rings. The highest BCUT2D eigenvalue weighted by Gasteiger charge is 2.18. The van der Waals surface area contributed by atoms with Crippen LogP contribution in [-0.4, -0.2) is 20.9 Å². The summed E-state index contributed by atoms with van der Waals surface area (Å²) in [6.07, 6.45) is 2.67. The van der Waals surface area contributed by atoms with E-state index in [-0.39, 0.29) is 22.0 Å². The van der Waals surface area contributed by atoms with Gasteiger partial charge in [-0.3, -0.25) is 19.9 Å². The molecule has 0 saturated carbocycles. The van der Waals surface area contributed by atoms with Crippen molar-refractivity contribution in [2.24, 2.45) is 0 Å². The van der Waals surface area contributed by atoms with Crippen LogP contribution in [0.3, 0.4) is 0 Å². The Morgan fingerprint density at radius 1 is 1.03 bits per heavy atom. The minimum Gasteiger partial charge on any atom is -0.423 e. The van der Waals surface area contributed by atoms with Crippen molar-refractivity contribution in [3.63, 3.8) is 0 Å². The van der Waals surface area contributed by atoms with E-state index in [1.165, 1.54) is 42.5 Å². The molecule has 1 aromatic heterocycles. The van der Waals surface area contributed by atoms with Gasteiger partial charge in [0.15, 0.2) is 0 Å². The van der Waals surface area contributed by atoms with Crippen molar-refractivity contribution in [3.8, 4) is 5.75 Å². The molecule has 152 valence electrons. The lowest BCUT2D eigenvalue weighted by Crippen LogP contribution is -2.25. The normalized spacial score (nSPS) is 10.9. The molecule has 0 saturated heterocycles. The molecule has 0 bridgehead atoms. The van der Waals surface area contributed by atoms with Crippen LogP contribution in [0.25, 0.3) is 12.2 Å². The second kappa shape index (κ2) is 8.76. The van der Waals surface area contributed by atoms with Crippen molar-refractivity contribution < 1.29 is 14.5 Å². The number of nitrogens with one attached hydrogen (secondary N) is 2. The summed E-state index contributed by atoms with van der Waals surface area (Å²) in [6.45, 7) is 0. The SMILES string of the molecule is O=C(Oc1ccc(/C=C/c2[nH]c(=O)[nH]c(=O)c2[N+](=O)[O-])cc1)c1ccc(Cl)cc1Cl. The number of benzene rings is 2. The summed E-state index contributed by atoms with van der Waals surface area (Å²) in [7, 11) is 0. The van der Waals surface area contributed by atoms with Crippen molar-refractivity contribution in [1.29, 1.82) is 0 Å². The van der Waals surface area contributed by atoms with Crippen LogP contribution in [0.4, 0.5) is 5.69 Å². The van der Waals surface area contributed by atoms with E-state index in [0.29, 0.717) is 10.6 Å². The molecule has 0 aliphatic heterocycles. The number of halogens is 2. The molecule has 1 heterocycles. The number of nitro groups is 1. The van der Waals surface area contributed by atoms with Gasteiger partial charge in [0.2, 0.25) is 0 Å². The third-order valence-electron chi connectivity index (χ3n) is 3.81. The maximum Gasteiger partial charge on any atom is 0.357 e. The Bertz CT molecular complexity index is 1280. The molecule has 3 aromatic rings. The minimum absolute atomic E-state index is 0.149. The van der Waals surface area contributed by atoms with E-state index in [0.717, 1.165) is 0 Å². The molecule has 0 unspecified atom stereocenters. The number of aromatic amines is 2. The smallest absolute Gasteiger partial charge is 0.357 e. The first-order valence-corrected chi connectivity index (χ1v) is 8.96. The lowest BCUT2D eigenvalue weighted by molar-refractivity contribution is -0.386. The van der Waals surface area contributed by atoms with Crippen LogP contribution in [0.5, 0.6) is 5.75 Å². The molecular formula is C19H11Cl2N3O6. The highest BCUT2D eigenvalue weighted by atomic mass is 35.5. The van der Waals surface area contributed by atoms with Gasteiger partial charge >= 0.3 is 22.9 Å². The second-order valence-electron chi connectivity index (χ2n) is 5.84. The Kier molecular flexibility index (Phi) is 6.14. The molecule has 9 nitrogen and oxygen atoms in total. The van der Waals surface area contributed by atoms with Crippen molar-refractivity contribution in [1.82, 2.24) is 9.97 Å². The van der Waals surface area contributed by atoms with Crippen molar-refractivity contribution in [2.45, 2.75) is 0 Å². The van der Waals surface area contributed by atoms with E-state index in [9.17, 15) is 24.5 Å². The quantitative estimate of drug-likeness (QED) is 0.265. The standard InChI is InChI=1S/C19H11Cl2N3O6/c20-11-4-7-13(14(21)9-11)18(26)30-12-5-1-10(2-6-12)3-8-15-16(24(28)29)17(25)23-19(27)22-15/h1-9H,(H2,22,23,25,27)/b8-3+. The Balaban J connectivity index is 1.78. The molecule has 11 heteroatoms. The molecule has 0 amide bonds. The second-order valence-corrected chi connectivity index (χ2v) is 6.69. The predicted molar refractivity (Wildman–Crippen MR) is 111 cm³/mol. The van der Waals surface area contributed by atoms with Crippen LogP contribution < -0.4 is 16.0 Å². The van der Waals surface area contributed by atoms with E-state index < -0.39 is 27.8 Å². The molecule has 2 aromatic carbocycles. The highest BCUT2D eigenvalue weighted by Crippen LogP contribution is 2.23. The summed E-state index contributed by atoms with van der Waals surface area (Å²) in [5.74, 6) is -0.435. The Labute approximate surface area is 177 Å². The largest absolute Gasteiger partial charge is 0.423 e. The van der Waals surface area contributed by atoms with Gasteiger partial charge in [-0.05, 0) is 42.0 Å². The van der Waals surface area contributed by atoms with Gasteiger partial charge in [0.05, 0.1) is 15.5 Å². The van der Waals surface area contributed by atoms with E-state index in [1.54, 1.807) is 17.1 Å². The third kappa shape index (κ3) is 4.83. The molecule has 30 heavy (non-hydrogen) atoms. The summed E-state index contributed by atoms with van der Waals surface area (Å²) >= 11 is 11.8. The fraction of sp³-hybridized carbons (Fsp3) is 0. The highest BCUT2D eigenvalue weighted by molar-refractivity contribution is 6.36. The van der Waals surface area contributed by atoms with Crippen LogP contribution in [-0.2, 0) is 0 Å². The summed E-state index contributed by atoms with van der Waals surface area (Å²) in [5.41, 5.74) is -2.29. The first-order valence-electron chi connectivity index (χ1n) is 8.21. The van der Waals surface area contributed by atoms with Gasteiger partial charge in [-0.1, -0.05) is 41.4 Å². The number of hydrogen-bond donors (Lipinski definition) is 2. The fourth-order valence-electron chi connectivity index (χ4n) is 2.44. The number of nitrogens with zero attached hydrogens (tertiary/aromatic N) is 1. The van der Waals surface area contributed by atoms with Gasteiger partial charge < -0.3 is 9.72 Å². The predicted octanol–water partition coefficient (Wildman–Crippen LogP) is 3.67. The summed E-state index contributed by atoms with van der Waals surface area (Å²) in [6, 6.07) is 10.5. The van der Waals surface area contributed by atoms with Crippen LogP contribution in [0.15, 0.2) is 52.1 Å². The lowest BCUT2D eigenvalue weighted by atomic mass is 10.2. The minimum atomic E-state index is -1.11. The summed E-state index contributed by atoms with van der Waals surface area (Å²) in [5, 5.41) is 11.6. The van der Waals surface area contributed by atoms with E-state index in [4.69, 9.17) is 27.9 Å². The summed E-state index contributed by atoms with van der Waals surface area (Å²) < 4.78 is 5.25. The van der Waals surface area contributed by atoms with Crippen molar-refractivity contribution in [3.05, 3.63) is 100 Å². The average Bonchev–Trinajstić information content (AvgIpc) is 2.66. The number of H-pyrrole nitrogens is 2. The number of hydrogen-bond acceptors (Lipinski definition) is 6. The van der Waals surface area contributed by atoms with Crippen LogP contribution in [0, 0.1) is 10.1 Å². The zero-order valence-electron chi connectivity index (χ0n) is 14.8. The van der Waals surface area contributed by atoms with Crippen LogP contribution in [0.2, 0.25) is 10.0 Å². The maximum absolute atomic E-state index is 12.2. The Morgan fingerprint density at radius 2 is 1.73 bits per heavy atom. The monoisotopic (exact) mass is 447 g/mol. The number of carbonyl (C=O) groups is 1. The summed E-state index contributed by atoms with van der Waals surface area (Å²) in [4.78, 5) is 49.3. The fourth-order valence-corrected chi connectivity index (χ4v) is 2.93. The van der Waals surface area contributed by atoms with Crippen molar-refractivity contribution in [2.75, 3.05) is 0 Å². The number of carbonyl (C=O) groups excluding carboxylic acids is 1. The first kappa shape index (κ1) is 21.0. The number of rotatable bonds is 5. The molecule has 0 aliphatic carbocycles. The van der Waals surface area contributed by atoms with Crippen LogP contribution >= 0.6 is 23.2 Å². The maximum atomic E-state index is 12.2. The van der Waals surface area contributed by atoms with Gasteiger partial charge in [-0.15, -0.1) is 0 Å². The Hall–Kier alpha value is -3.69. The van der Waals surface area contributed by atoms with Gasteiger partial charge in [0, 0.05) is 5.02 Å². The molecule has 2 N–H and O–H groups in total. The topological polar surface area (TPSA) is 135 Å². The molecule has 3 rings (SSSR count). The van der Waals surface area contributed by atoms with Crippen LogP contribution in [0.1, 0.15) is 21.6 Å².